The van der Waals surface area contributed by atoms with Crippen molar-refractivity contribution in [3.05, 3.63) is 40.3 Å². The molecule has 2 rings (SSSR count). The number of hydrogen-bond donors (Lipinski definition) is 2. The molecular formula is C20H31N3O3S. The van der Waals surface area contributed by atoms with Crippen molar-refractivity contribution < 1.29 is 14.6 Å². The van der Waals surface area contributed by atoms with E-state index in [9.17, 15) is 5.11 Å². The Morgan fingerprint density at radius 1 is 1.26 bits per heavy atom. The van der Waals surface area contributed by atoms with Gasteiger partial charge in [-0.1, -0.05) is 19.9 Å². The Labute approximate surface area is 166 Å². The highest BCUT2D eigenvalue weighted by Gasteiger charge is 2.12. The Hall–Kier alpha value is -1.67. The lowest BCUT2D eigenvalue weighted by Crippen LogP contribution is -2.35. The molecule has 1 aromatic heterocycles. The molecule has 0 spiro atoms. The van der Waals surface area contributed by atoms with Crippen LogP contribution in [0.2, 0.25) is 0 Å². The summed E-state index contributed by atoms with van der Waals surface area (Å²) < 4.78 is 11.2. The predicted molar refractivity (Wildman–Crippen MR) is 110 cm³/mol. The zero-order valence-electron chi connectivity index (χ0n) is 16.5. The van der Waals surface area contributed by atoms with Crippen molar-refractivity contribution in [1.82, 2.24) is 15.2 Å². The van der Waals surface area contributed by atoms with Gasteiger partial charge in [0.05, 0.1) is 18.3 Å². The first-order valence-corrected chi connectivity index (χ1v) is 10.4. The summed E-state index contributed by atoms with van der Waals surface area (Å²) in [6, 6.07) is 5.90. The Morgan fingerprint density at radius 3 is 2.74 bits per heavy atom. The third-order valence-corrected chi connectivity index (χ3v) is 5.03. The van der Waals surface area contributed by atoms with Crippen LogP contribution in [-0.4, -0.2) is 61.0 Å². The number of likely N-dealkylation sites (N-methyl/N-ethyl adjacent to an activating group) is 1. The number of nitrogens with one attached hydrogen (secondary N) is 1. The first-order valence-electron chi connectivity index (χ1n) is 9.44. The topological polar surface area (TPSA) is 66.9 Å². The fourth-order valence-corrected chi connectivity index (χ4v) is 3.36. The lowest BCUT2D eigenvalue weighted by molar-refractivity contribution is 0.0705. The molecule has 0 aliphatic heterocycles. The lowest BCUT2D eigenvalue weighted by atomic mass is 10.2. The van der Waals surface area contributed by atoms with Gasteiger partial charge in [-0.2, -0.15) is 0 Å². The normalized spacial score (nSPS) is 12.3. The number of aliphatic hydroxyl groups excluding tert-OH is 1. The molecule has 2 N–H and O–H groups in total. The molecule has 0 unspecified atom stereocenters. The molecule has 1 aromatic carbocycles. The molecule has 0 saturated heterocycles. The smallest absolute Gasteiger partial charge is 0.161 e. The fraction of sp³-hybridized carbons (Fsp3) is 0.550. The molecule has 6 nitrogen and oxygen atoms in total. The van der Waals surface area contributed by atoms with Gasteiger partial charge in [-0.3, -0.25) is 0 Å². The molecule has 0 amide bonds. The first-order chi connectivity index (χ1) is 13.2. The molecule has 2 aromatic rings. The van der Waals surface area contributed by atoms with E-state index < -0.39 is 6.10 Å². The van der Waals surface area contributed by atoms with Crippen LogP contribution < -0.4 is 14.8 Å². The molecule has 1 atom stereocenters. The molecular weight excluding hydrogens is 362 g/mol. The summed E-state index contributed by atoms with van der Waals surface area (Å²) in [6.45, 7) is 8.50. The van der Waals surface area contributed by atoms with Gasteiger partial charge in [-0.05, 0) is 30.8 Å². The number of aromatic nitrogens is 1. The van der Waals surface area contributed by atoms with E-state index in [0.717, 1.165) is 43.9 Å². The Morgan fingerprint density at radius 2 is 2.07 bits per heavy atom. The summed E-state index contributed by atoms with van der Waals surface area (Å²) in [5.41, 5.74) is 4.11. The van der Waals surface area contributed by atoms with Crippen LogP contribution in [0.3, 0.4) is 0 Å². The SMILES string of the molecule is CCN(CC)C[C@H](O)COc1ccc(CNCCc2cscn2)cc1OC. The highest BCUT2D eigenvalue weighted by molar-refractivity contribution is 7.07. The fourth-order valence-electron chi connectivity index (χ4n) is 2.77. The largest absolute Gasteiger partial charge is 0.493 e. The minimum Gasteiger partial charge on any atom is -0.493 e. The van der Waals surface area contributed by atoms with Crippen molar-refractivity contribution in [2.45, 2.75) is 32.9 Å². The lowest BCUT2D eigenvalue weighted by Gasteiger charge is -2.22. The third-order valence-electron chi connectivity index (χ3n) is 4.39. The first kappa shape index (κ1) is 21.6. The zero-order valence-corrected chi connectivity index (χ0v) is 17.3. The molecule has 0 bridgehead atoms. The van der Waals surface area contributed by atoms with Gasteiger partial charge in [0.1, 0.15) is 12.7 Å². The van der Waals surface area contributed by atoms with Crippen LogP contribution in [0.1, 0.15) is 25.1 Å². The van der Waals surface area contributed by atoms with Crippen LogP contribution in [0.5, 0.6) is 11.5 Å². The van der Waals surface area contributed by atoms with Gasteiger partial charge in [0.25, 0.3) is 0 Å². The van der Waals surface area contributed by atoms with Crippen molar-refractivity contribution in [3.63, 3.8) is 0 Å². The van der Waals surface area contributed by atoms with Crippen LogP contribution in [-0.2, 0) is 13.0 Å². The average molecular weight is 394 g/mol. The summed E-state index contributed by atoms with van der Waals surface area (Å²) in [5, 5.41) is 15.7. The summed E-state index contributed by atoms with van der Waals surface area (Å²) in [7, 11) is 1.63. The van der Waals surface area contributed by atoms with Crippen LogP contribution in [0.4, 0.5) is 0 Å². The van der Waals surface area contributed by atoms with Gasteiger partial charge in [-0.25, -0.2) is 4.98 Å². The Balaban J connectivity index is 1.80. The number of hydrogen-bond acceptors (Lipinski definition) is 7. The second-order valence-corrected chi connectivity index (χ2v) is 7.06. The van der Waals surface area contributed by atoms with E-state index in [-0.39, 0.29) is 6.61 Å². The predicted octanol–water partition coefficient (Wildman–Crippen LogP) is 2.57. The maximum absolute atomic E-state index is 10.2. The average Bonchev–Trinajstić information content (AvgIpc) is 3.21. The van der Waals surface area contributed by atoms with Gasteiger partial charge in [-0.15, -0.1) is 11.3 Å². The molecule has 1 heterocycles. The van der Waals surface area contributed by atoms with E-state index in [2.05, 4.69) is 34.4 Å². The highest BCUT2D eigenvalue weighted by atomic mass is 32.1. The van der Waals surface area contributed by atoms with Crippen LogP contribution in [0, 0.1) is 0 Å². The standard InChI is InChI=1S/C20H31N3O3S/c1-4-23(5-2)12-18(24)13-26-19-7-6-16(10-20(19)25-3)11-21-9-8-17-14-27-15-22-17/h6-7,10,14-15,18,21,24H,4-5,8-9,11-13H2,1-3H3/t18-/m0/s1. The number of ether oxygens (including phenoxy) is 2. The van der Waals surface area contributed by atoms with Crippen LogP contribution in [0.25, 0.3) is 0 Å². The summed E-state index contributed by atoms with van der Waals surface area (Å²) in [5.74, 6) is 1.34. The van der Waals surface area contributed by atoms with E-state index >= 15 is 0 Å². The summed E-state index contributed by atoms with van der Waals surface area (Å²) >= 11 is 1.62. The van der Waals surface area contributed by atoms with Crippen LogP contribution in [0.15, 0.2) is 29.1 Å². The van der Waals surface area contributed by atoms with Crippen molar-refractivity contribution >= 4 is 11.3 Å². The van der Waals surface area contributed by atoms with E-state index in [1.54, 1.807) is 18.4 Å². The molecule has 150 valence electrons. The second-order valence-electron chi connectivity index (χ2n) is 6.34. The summed E-state index contributed by atoms with van der Waals surface area (Å²) in [4.78, 5) is 6.45. The Kier molecular flexibility index (Phi) is 9.55. The third kappa shape index (κ3) is 7.46. The molecule has 0 aliphatic rings. The number of rotatable bonds is 13. The molecule has 0 fully saturated rings. The highest BCUT2D eigenvalue weighted by Crippen LogP contribution is 2.28. The van der Waals surface area contributed by atoms with Crippen molar-refractivity contribution in [2.75, 3.05) is 39.9 Å². The van der Waals surface area contributed by atoms with Crippen molar-refractivity contribution in [1.29, 1.82) is 0 Å². The van der Waals surface area contributed by atoms with Crippen molar-refractivity contribution in [2.24, 2.45) is 0 Å². The number of methoxy groups -OCH3 is 1. The zero-order chi connectivity index (χ0) is 19.5. The maximum Gasteiger partial charge on any atom is 0.161 e. The second kappa shape index (κ2) is 11.9. The van der Waals surface area contributed by atoms with Gasteiger partial charge >= 0.3 is 0 Å². The van der Waals surface area contributed by atoms with E-state index in [4.69, 9.17) is 9.47 Å². The van der Waals surface area contributed by atoms with E-state index in [1.807, 2.05) is 23.7 Å². The van der Waals surface area contributed by atoms with Crippen LogP contribution >= 0.6 is 11.3 Å². The monoisotopic (exact) mass is 393 g/mol. The van der Waals surface area contributed by atoms with E-state index in [1.165, 1.54) is 0 Å². The molecule has 0 aliphatic carbocycles. The van der Waals surface area contributed by atoms with Gasteiger partial charge in [0.2, 0.25) is 0 Å². The number of aliphatic hydroxyl groups is 1. The molecule has 0 radical (unpaired) electrons. The van der Waals surface area contributed by atoms with Gasteiger partial charge in [0, 0.05) is 31.4 Å². The van der Waals surface area contributed by atoms with E-state index in [0.29, 0.717) is 18.0 Å². The number of benzene rings is 1. The van der Waals surface area contributed by atoms with Gasteiger partial charge in [0.15, 0.2) is 11.5 Å². The quantitative estimate of drug-likeness (QED) is 0.510. The number of thiazole rings is 1. The summed E-state index contributed by atoms with van der Waals surface area (Å²) in [6.07, 6.45) is 0.397. The minimum atomic E-state index is -0.526. The minimum absolute atomic E-state index is 0.248. The molecule has 27 heavy (non-hydrogen) atoms. The molecule has 0 saturated carbocycles. The number of nitrogens with zero attached hydrogens (tertiary/aromatic N) is 2. The molecule has 7 heteroatoms. The maximum atomic E-state index is 10.2. The Bertz CT molecular complexity index is 648. The van der Waals surface area contributed by atoms with Gasteiger partial charge < -0.3 is 24.8 Å². The van der Waals surface area contributed by atoms with Crippen molar-refractivity contribution in [3.8, 4) is 11.5 Å².